The van der Waals surface area contributed by atoms with Gasteiger partial charge in [0.1, 0.15) is 18.1 Å². The van der Waals surface area contributed by atoms with Crippen molar-refractivity contribution in [2.75, 3.05) is 19.4 Å². The third-order valence-electron chi connectivity index (χ3n) is 2.95. The van der Waals surface area contributed by atoms with Gasteiger partial charge in [-0.25, -0.2) is 12.7 Å². The van der Waals surface area contributed by atoms with Gasteiger partial charge in [-0.1, -0.05) is 6.07 Å². The molecule has 0 aliphatic carbocycles. The average molecular weight is 310 g/mol. The van der Waals surface area contributed by atoms with Crippen molar-refractivity contribution in [1.82, 2.24) is 4.31 Å². The summed E-state index contributed by atoms with van der Waals surface area (Å²) in [6.45, 7) is 0.266. The molecule has 2 rings (SSSR count). The fraction of sp³-hybridized carbons (Fsp3) is 0.286. The molecule has 0 fully saturated rings. The number of anilines is 1. The van der Waals surface area contributed by atoms with E-state index >= 15 is 0 Å². The third kappa shape index (κ3) is 3.63. The second-order valence-corrected chi connectivity index (χ2v) is 6.85. The number of hydrogen-bond acceptors (Lipinski definition) is 5. The molecule has 2 aromatic rings. The maximum Gasteiger partial charge on any atom is 0.242 e. The summed E-state index contributed by atoms with van der Waals surface area (Å²) in [5, 5.41) is 12.0. The summed E-state index contributed by atoms with van der Waals surface area (Å²) >= 11 is 0. The van der Waals surface area contributed by atoms with Crippen LogP contribution in [0.1, 0.15) is 11.5 Å². The van der Waals surface area contributed by atoms with E-state index < -0.39 is 10.0 Å². The molecule has 0 atom stereocenters. The average Bonchev–Trinajstić information content (AvgIpc) is 2.93. The molecule has 0 aliphatic rings. The molecule has 0 spiro atoms. The van der Waals surface area contributed by atoms with Gasteiger partial charge >= 0.3 is 0 Å². The molecule has 1 heterocycles. The SMILES string of the molecule is CN(C)S(=O)(=O)c1cccc(NCc2ccc(CO)o2)c1. The number of nitrogens with zero attached hydrogens (tertiary/aromatic N) is 1. The fourth-order valence-electron chi connectivity index (χ4n) is 1.77. The van der Waals surface area contributed by atoms with Crippen LogP contribution < -0.4 is 5.32 Å². The van der Waals surface area contributed by atoms with Crippen molar-refractivity contribution in [3.8, 4) is 0 Å². The Balaban J connectivity index is 2.11. The predicted molar refractivity (Wildman–Crippen MR) is 79.3 cm³/mol. The molecular weight excluding hydrogens is 292 g/mol. The minimum absolute atomic E-state index is 0.142. The molecule has 2 N–H and O–H groups in total. The quantitative estimate of drug-likeness (QED) is 0.847. The van der Waals surface area contributed by atoms with E-state index in [-0.39, 0.29) is 11.5 Å². The highest BCUT2D eigenvalue weighted by Gasteiger charge is 2.17. The number of hydrogen-bond donors (Lipinski definition) is 2. The number of furan rings is 1. The Kier molecular flexibility index (Phi) is 4.66. The molecule has 21 heavy (non-hydrogen) atoms. The van der Waals surface area contributed by atoms with Crippen LogP contribution in [0.3, 0.4) is 0 Å². The molecule has 0 aliphatic heterocycles. The highest BCUT2D eigenvalue weighted by atomic mass is 32.2. The zero-order chi connectivity index (χ0) is 15.5. The molecule has 0 saturated heterocycles. The first kappa shape index (κ1) is 15.6. The Morgan fingerprint density at radius 3 is 2.52 bits per heavy atom. The van der Waals surface area contributed by atoms with Crippen molar-refractivity contribution in [1.29, 1.82) is 0 Å². The van der Waals surface area contributed by atoms with Gasteiger partial charge < -0.3 is 14.8 Å². The zero-order valence-corrected chi connectivity index (χ0v) is 12.7. The second-order valence-electron chi connectivity index (χ2n) is 4.69. The second kappa shape index (κ2) is 6.30. The van der Waals surface area contributed by atoms with Gasteiger partial charge in [0.25, 0.3) is 0 Å². The van der Waals surface area contributed by atoms with Crippen molar-refractivity contribution in [3.05, 3.63) is 47.9 Å². The molecule has 0 amide bonds. The van der Waals surface area contributed by atoms with Gasteiger partial charge in [-0.15, -0.1) is 0 Å². The minimum atomic E-state index is -3.45. The number of nitrogens with one attached hydrogen (secondary N) is 1. The smallest absolute Gasteiger partial charge is 0.242 e. The molecule has 114 valence electrons. The van der Waals surface area contributed by atoms with Gasteiger partial charge in [0.15, 0.2) is 0 Å². The van der Waals surface area contributed by atoms with Gasteiger partial charge in [-0.2, -0.15) is 0 Å². The van der Waals surface area contributed by atoms with Crippen LogP contribution in [0.5, 0.6) is 0 Å². The summed E-state index contributed by atoms with van der Waals surface area (Å²) in [6.07, 6.45) is 0. The van der Waals surface area contributed by atoms with Crippen molar-refractivity contribution in [3.63, 3.8) is 0 Å². The van der Waals surface area contributed by atoms with E-state index in [0.717, 1.165) is 0 Å². The van der Waals surface area contributed by atoms with Crippen molar-refractivity contribution in [2.45, 2.75) is 18.0 Å². The summed E-state index contributed by atoms with van der Waals surface area (Å²) in [5.74, 6) is 1.16. The molecule has 1 aromatic heterocycles. The maximum atomic E-state index is 12.1. The first-order valence-corrected chi connectivity index (χ1v) is 7.82. The van der Waals surface area contributed by atoms with Crippen LogP contribution in [-0.4, -0.2) is 31.9 Å². The van der Waals surface area contributed by atoms with Crippen molar-refractivity contribution >= 4 is 15.7 Å². The Morgan fingerprint density at radius 2 is 1.90 bits per heavy atom. The molecule has 0 radical (unpaired) electrons. The highest BCUT2D eigenvalue weighted by Crippen LogP contribution is 2.19. The van der Waals surface area contributed by atoms with Crippen LogP contribution in [0.25, 0.3) is 0 Å². The first-order valence-electron chi connectivity index (χ1n) is 6.38. The summed E-state index contributed by atoms with van der Waals surface area (Å²) < 4.78 is 30.6. The zero-order valence-electron chi connectivity index (χ0n) is 11.9. The van der Waals surface area contributed by atoms with Crippen LogP contribution in [0.2, 0.25) is 0 Å². The largest absolute Gasteiger partial charge is 0.462 e. The lowest BCUT2D eigenvalue weighted by Crippen LogP contribution is -2.22. The molecule has 1 aromatic carbocycles. The number of rotatable bonds is 6. The molecular formula is C14H18N2O4S. The van der Waals surface area contributed by atoms with Crippen molar-refractivity contribution in [2.24, 2.45) is 0 Å². The van der Waals surface area contributed by atoms with E-state index in [9.17, 15) is 8.42 Å². The molecule has 0 unspecified atom stereocenters. The van der Waals surface area contributed by atoms with E-state index in [4.69, 9.17) is 9.52 Å². The minimum Gasteiger partial charge on any atom is -0.462 e. The van der Waals surface area contributed by atoms with Crippen LogP contribution in [0, 0.1) is 0 Å². The van der Waals surface area contributed by atoms with Gasteiger partial charge in [0.05, 0.1) is 11.4 Å². The summed E-state index contributed by atoms with van der Waals surface area (Å²) in [4.78, 5) is 0.230. The van der Waals surface area contributed by atoms with Crippen molar-refractivity contribution < 1.29 is 17.9 Å². The fourth-order valence-corrected chi connectivity index (χ4v) is 2.72. The van der Waals surface area contributed by atoms with Crippen LogP contribution in [-0.2, 0) is 23.2 Å². The lowest BCUT2D eigenvalue weighted by Gasteiger charge is -2.12. The number of aliphatic hydroxyl groups is 1. The van der Waals surface area contributed by atoms with Gasteiger partial charge in [0, 0.05) is 19.8 Å². The Hall–Kier alpha value is -1.83. The van der Waals surface area contributed by atoms with E-state index in [1.54, 1.807) is 36.4 Å². The van der Waals surface area contributed by atoms with Crippen LogP contribution in [0.4, 0.5) is 5.69 Å². The summed E-state index contributed by atoms with van der Waals surface area (Å²) in [5.41, 5.74) is 0.680. The van der Waals surface area contributed by atoms with Crippen LogP contribution >= 0.6 is 0 Å². The molecule has 6 nitrogen and oxygen atoms in total. The number of sulfonamides is 1. The Labute approximate surface area is 124 Å². The number of aliphatic hydroxyl groups excluding tert-OH is 1. The van der Waals surface area contributed by atoms with Crippen LogP contribution in [0.15, 0.2) is 45.7 Å². The monoisotopic (exact) mass is 310 g/mol. The van der Waals surface area contributed by atoms with E-state index in [2.05, 4.69) is 5.32 Å². The topological polar surface area (TPSA) is 82.8 Å². The molecule has 0 saturated carbocycles. The maximum absolute atomic E-state index is 12.1. The molecule has 7 heteroatoms. The first-order chi connectivity index (χ1) is 9.93. The Morgan fingerprint density at radius 1 is 1.19 bits per heavy atom. The normalized spacial score (nSPS) is 11.8. The summed E-state index contributed by atoms with van der Waals surface area (Å²) in [7, 11) is -0.456. The number of benzene rings is 1. The lowest BCUT2D eigenvalue weighted by atomic mass is 10.3. The third-order valence-corrected chi connectivity index (χ3v) is 4.76. The van der Waals surface area contributed by atoms with Gasteiger partial charge in [0.2, 0.25) is 10.0 Å². The van der Waals surface area contributed by atoms with E-state index in [0.29, 0.717) is 23.8 Å². The predicted octanol–water partition coefficient (Wildman–Crippen LogP) is 1.63. The van der Waals surface area contributed by atoms with E-state index in [1.807, 2.05) is 0 Å². The molecule has 0 bridgehead atoms. The highest BCUT2D eigenvalue weighted by molar-refractivity contribution is 7.89. The van der Waals surface area contributed by atoms with E-state index in [1.165, 1.54) is 18.4 Å². The van der Waals surface area contributed by atoms with Gasteiger partial charge in [-0.05, 0) is 30.3 Å². The lowest BCUT2D eigenvalue weighted by molar-refractivity contribution is 0.244. The Bertz CT molecular complexity index is 707. The standard InChI is InChI=1S/C14H18N2O4S/c1-16(2)21(18,19)14-5-3-4-11(8-14)15-9-12-6-7-13(10-17)20-12/h3-8,15,17H,9-10H2,1-2H3. The summed E-state index contributed by atoms with van der Waals surface area (Å²) in [6, 6.07) is 10.1. The van der Waals surface area contributed by atoms with Gasteiger partial charge in [-0.3, -0.25) is 0 Å².